The molecule has 1 fully saturated rings. The second kappa shape index (κ2) is 9.83. The van der Waals surface area contributed by atoms with Crippen molar-refractivity contribution in [1.82, 2.24) is 0 Å². The third-order valence-corrected chi connectivity index (χ3v) is 8.17. The normalized spacial score (nSPS) is 32.6. The molecule has 0 unspecified atom stereocenters. The summed E-state index contributed by atoms with van der Waals surface area (Å²) in [6.45, 7) is 2.88. The number of aryl methyl sites for hydroxylation is 1. The lowest BCUT2D eigenvalue weighted by molar-refractivity contribution is -0.216. The van der Waals surface area contributed by atoms with Crippen LogP contribution in [0.15, 0.2) is 24.0 Å². The van der Waals surface area contributed by atoms with E-state index in [2.05, 4.69) is 0 Å². The number of aromatic hydroxyl groups is 1. The highest BCUT2D eigenvalue weighted by molar-refractivity contribution is 6.35. The molecule has 0 aromatic heterocycles. The summed E-state index contributed by atoms with van der Waals surface area (Å²) in [5.74, 6) is -7.05. The largest absolute Gasteiger partial charge is 0.507 e. The monoisotopic (exact) mass is 588 g/mol. The number of ether oxygens (including phenoxy) is 4. The van der Waals surface area contributed by atoms with Crippen molar-refractivity contribution in [2.75, 3.05) is 14.2 Å². The molecule has 42 heavy (non-hydrogen) atoms. The standard InChI is InChI=1S/C28H28O14/c1-9-18-11(6-14(19(9)26(36)40-4)42-17-7-13(29)21(31)10(2)41-17)5-12-20(22(18)32)25(35)27(37)16(30)8-15(39-3)24(34)28(27,38)23(12)33/h5-6,8,10,13,17,21,24,29,31-32,34,37-38H,7H2,1-4H3/t10-,13+,17+,21+,24-,27-,28-/m1/s1. The molecule has 1 aliphatic heterocycles. The zero-order valence-electron chi connectivity index (χ0n) is 22.8. The zero-order valence-corrected chi connectivity index (χ0v) is 22.8. The first-order valence-electron chi connectivity index (χ1n) is 12.8. The van der Waals surface area contributed by atoms with Crippen LogP contribution in [0.4, 0.5) is 0 Å². The highest BCUT2D eigenvalue weighted by atomic mass is 16.7. The van der Waals surface area contributed by atoms with Crippen LogP contribution >= 0.6 is 0 Å². The summed E-state index contributed by atoms with van der Waals surface area (Å²) in [4.78, 5) is 53.1. The van der Waals surface area contributed by atoms with Gasteiger partial charge in [0.25, 0.3) is 0 Å². The molecule has 0 saturated carbocycles. The Hall–Kier alpha value is -3.92. The second-order valence-corrected chi connectivity index (χ2v) is 10.4. The van der Waals surface area contributed by atoms with E-state index in [0.717, 1.165) is 20.3 Å². The average Bonchev–Trinajstić information content (AvgIpc) is 2.94. The van der Waals surface area contributed by atoms with Gasteiger partial charge in [0, 0.05) is 23.4 Å². The van der Waals surface area contributed by atoms with Gasteiger partial charge in [-0.05, 0) is 36.9 Å². The van der Waals surface area contributed by atoms with Gasteiger partial charge < -0.3 is 49.6 Å². The van der Waals surface area contributed by atoms with Gasteiger partial charge in [0.2, 0.25) is 34.8 Å². The predicted molar refractivity (Wildman–Crippen MR) is 138 cm³/mol. The van der Waals surface area contributed by atoms with E-state index < -0.39 is 87.9 Å². The van der Waals surface area contributed by atoms with Crippen molar-refractivity contribution in [3.63, 3.8) is 0 Å². The fourth-order valence-corrected chi connectivity index (χ4v) is 5.85. The minimum absolute atomic E-state index is 0.00346. The van der Waals surface area contributed by atoms with E-state index >= 15 is 0 Å². The van der Waals surface area contributed by atoms with Crippen LogP contribution in [-0.4, -0.2) is 110 Å². The Bertz CT molecular complexity index is 1580. The zero-order chi connectivity index (χ0) is 31.0. The molecule has 2 aromatic rings. The molecule has 0 amide bonds. The molecule has 1 heterocycles. The number of ketones is 3. The summed E-state index contributed by atoms with van der Waals surface area (Å²) in [5, 5.41) is 64.7. The molecule has 2 aromatic carbocycles. The summed E-state index contributed by atoms with van der Waals surface area (Å²) in [5.41, 5.74) is -8.59. The molecular formula is C28H28O14. The molecule has 224 valence electrons. The Balaban J connectivity index is 1.74. The predicted octanol–water partition coefficient (Wildman–Crippen LogP) is -0.809. The summed E-state index contributed by atoms with van der Waals surface area (Å²) in [6, 6.07) is 2.28. The summed E-state index contributed by atoms with van der Waals surface area (Å²) < 4.78 is 21.2. The third-order valence-electron chi connectivity index (χ3n) is 8.17. The van der Waals surface area contributed by atoms with Crippen molar-refractivity contribution < 1.29 is 68.8 Å². The van der Waals surface area contributed by atoms with E-state index in [-0.39, 0.29) is 34.1 Å². The van der Waals surface area contributed by atoms with E-state index in [1.165, 1.54) is 19.9 Å². The SMILES string of the molecule is COC(=O)c1c(O[C@H]2C[C@H](O)[C@@H](O)[C@@H](C)O2)cc2cc3c(c(O)c2c1C)C(=O)[C@]1(O)C(=O)C=C(OC)[C@@H](O)[C@]1(O)C3=O. The number of methoxy groups -OCH3 is 2. The Labute approximate surface area is 237 Å². The summed E-state index contributed by atoms with van der Waals surface area (Å²) >= 11 is 0. The molecular weight excluding hydrogens is 560 g/mol. The molecule has 1 saturated heterocycles. The topological polar surface area (TPSA) is 227 Å². The number of esters is 1. The molecule has 14 heteroatoms. The van der Waals surface area contributed by atoms with Gasteiger partial charge in [0.1, 0.15) is 28.9 Å². The van der Waals surface area contributed by atoms with E-state index in [4.69, 9.17) is 18.9 Å². The number of fused-ring (bicyclic) bond motifs is 3. The maximum absolute atomic E-state index is 13.7. The molecule has 0 radical (unpaired) electrons. The second-order valence-electron chi connectivity index (χ2n) is 10.4. The smallest absolute Gasteiger partial charge is 0.341 e. The lowest BCUT2D eigenvalue weighted by atomic mass is 9.60. The molecule has 3 aliphatic rings. The maximum Gasteiger partial charge on any atom is 0.341 e. The molecule has 14 nitrogen and oxygen atoms in total. The van der Waals surface area contributed by atoms with E-state index in [1.807, 2.05) is 0 Å². The highest BCUT2D eigenvalue weighted by Gasteiger charge is 2.73. The summed E-state index contributed by atoms with van der Waals surface area (Å²) in [7, 11) is 2.13. The minimum atomic E-state index is -3.51. The van der Waals surface area contributed by atoms with Crippen LogP contribution in [0.25, 0.3) is 10.8 Å². The lowest BCUT2D eigenvalue weighted by Gasteiger charge is -2.47. The fourth-order valence-electron chi connectivity index (χ4n) is 5.85. The number of phenolic OH excluding ortho intramolecular Hbond substituents is 1. The number of phenols is 1. The van der Waals surface area contributed by atoms with Gasteiger partial charge in [0.05, 0.1) is 32.0 Å². The van der Waals surface area contributed by atoms with Crippen LogP contribution in [0.2, 0.25) is 0 Å². The van der Waals surface area contributed by atoms with E-state index in [0.29, 0.717) is 6.08 Å². The van der Waals surface area contributed by atoms with Crippen molar-refractivity contribution in [1.29, 1.82) is 0 Å². The first-order valence-corrected chi connectivity index (χ1v) is 12.8. The van der Waals surface area contributed by atoms with Gasteiger partial charge in [-0.3, -0.25) is 14.4 Å². The Morgan fingerprint density at radius 3 is 2.33 bits per heavy atom. The Kier molecular flexibility index (Phi) is 6.92. The molecule has 5 rings (SSSR count). The van der Waals surface area contributed by atoms with Gasteiger partial charge in [0.15, 0.2) is 6.10 Å². The van der Waals surface area contributed by atoms with Crippen molar-refractivity contribution in [3.8, 4) is 11.5 Å². The van der Waals surface area contributed by atoms with Crippen molar-refractivity contribution >= 4 is 34.1 Å². The number of Topliss-reactive ketones (excluding diaryl/α,β-unsaturated/α-hetero) is 2. The van der Waals surface area contributed by atoms with E-state index in [9.17, 15) is 49.8 Å². The Morgan fingerprint density at radius 1 is 1.07 bits per heavy atom. The molecule has 0 bridgehead atoms. The number of benzene rings is 2. The Morgan fingerprint density at radius 2 is 1.74 bits per heavy atom. The first-order chi connectivity index (χ1) is 19.6. The van der Waals surface area contributed by atoms with Crippen molar-refractivity contribution in [2.45, 2.75) is 62.2 Å². The number of aliphatic hydroxyl groups excluding tert-OH is 3. The molecule has 0 spiro atoms. The van der Waals surface area contributed by atoms with Gasteiger partial charge >= 0.3 is 5.97 Å². The third kappa shape index (κ3) is 3.73. The molecule has 2 aliphatic carbocycles. The lowest BCUT2D eigenvalue weighted by Crippen LogP contribution is -2.76. The average molecular weight is 589 g/mol. The molecule has 6 N–H and O–H groups in total. The van der Waals surface area contributed by atoms with Crippen LogP contribution in [0, 0.1) is 6.92 Å². The van der Waals surface area contributed by atoms with Crippen molar-refractivity contribution in [2.24, 2.45) is 0 Å². The number of hydrogen-bond donors (Lipinski definition) is 6. The van der Waals surface area contributed by atoms with Crippen molar-refractivity contribution in [3.05, 3.63) is 46.2 Å². The van der Waals surface area contributed by atoms with Gasteiger partial charge in [-0.2, -0.15) is 0 Å². The first kappa shape index (κ1) is 29.6. The van der Waals surface area contributed by atoms with Gasteiger partial charge in [-0.1, -0.05) is 0 Å². The number of aliphatic hydroxyl groups is 5. The number of hydrogen-bond acceptors (Lipinski definition) is 14. The minimum Gasteiger partial charge on any atom is -0.507 e. The number of carbonyl (C=O) groups excluding carboxylic acids is 4. The van der Waals surface area contributed by atoms with Crippen LogP contribution < -0.4 is 4.74 Å². The van der Waals surface area contributed by atoms with Crippen LogP contribution in [0.3, 0.4) is 0 Å². The van der Waals surface area contributed by atoms with Crippen LogP contribution in [0.1, 0.15) is 50.0 Å². The summed E-state index contributed by atoms with van der Waals surface area (Å²) in [6.07, 6.45) is -6.32. The van der Waals surface area contributed by atoms with Gasteiger partial charge in [-0.15, -0.1) is 0 Å². The highest BCUT2D eigenvalue weighted by Crippen LogP contribution is 2.49. The number of carbonyl (C=O) groups is 4. The van der Waals surface area contributed by atoms with E-state index in [1.54, 1.807) is 0 Å². The van der Waals surface area contributed by atoms with Crippen LogP contribution in [-0.2, 0) is 19.0 Å². The van der Waals surface area contributed by atoms with Crippen LogP contribution in [0.5, 0.6) is 11.5 Å². The quantitative estimate of drug-likeness (QED) is 0.190. The number of rotatable bonds is 4. The molecule has 7 atom stereocenters. The van der Waals surface area contributed by atoms with Gasteiger partial charge in [-0.25, -0.2) is 4.79 Å². The maximum atomic E-state index is 13.7. The fraction of sp³-hybridized carbons (Fsp3) is 0.429.